The van der Waals surface area contributed by atoms with Crippen molar-refractivity contribution in [3.05, 3.63) is 22.6 Å². The van der Waals surface area contributed by atoms with Crippen LogP contribution >= 0.6 is 0 Å². The molecule has 80 valence electrons. The van der Waals surface area contributed by atoms with E-state index in [0.29, 0.717) is 0 Å². The van der Waals surface area contributed by atoms with Crippen molar-refractivity contribution < 1.29 is 9.52 Å². The van der Waals surface area contributed by atoms with Gasteiger partial charge in [0.25, 0.3) is 0 Å². The van der Waals surface area contributed by atoms with E-state index in [2.05, 4.69) is 0 Å². The van der Waals surface area contributed by atoms with E-state index in [4.69, 9.17) is 4.42 Å². The van der Waals surface area contributed by atoms with Gasteiger partial charge in [0.1, 0.15) is 11.5 Å². The summed E-state index contributed by atoms with van der Waals surface area (Å²) in [5.41, 5.74) is 1.88. The molecule has 1 aromatic rings. The molecule has 1 atom stereocenters. The van der Waals surface area contributed by atoms with Crippen LogP contribution in [0.5, 0.6) is 0 Å². The highest BCUT2D eigenvalue weighted by atomic mass is 16.3. The Morgan fingerprint density at radius 2 is 1.57 bits per heavy atom. The lowest BCUT2D eigenvalue weighted by Gasteiger charge is -2.26. The van der Waals surface area contributed by atoms with Gasteiger partial charge in [-0.15, -0.1) is 0 Å². The molecule has 1 aromatic heterocycles. The minimum absolute atomic E-state index is 0.147. The summed E-state index contributed by atoms with van der Waals surface area (Å²) in [4.78, 5) is 0. The van der Waals surface area contributed by atoms with Gasteiger partial charge in [-0.3, -0.25) is 0 Å². The maximum Gasteiger partial charge on any atom is 0.107 e. The highest BCUT2D eigenvalue weighted by molar-refractivity contribution is 5.34. The first-order valence-electron chi connectivity index (χ1n) is 4.99. The van der Waals surface area contributed by atoms with Crippen LogP contribution in [0.4, 0.5) is 0 Å². The minimum atomic E-state index is -0.458. The molecule has 1 heterocycles. The van der Waals surface area contributed by atoms with Gasteiger partial charge in [0.15, 0.2) is 0 Å². The first kappa shape index (κ1) is 11.3. The maximum atomic E-state index is 10.2. The summed E-state index contributed by atoms with van der Waals surface area (Å²) in [6, 6.07) is 0. The predicted molar refractivity (Wildman–Crippen MR) is 57.3 cm³/mol. The summed E-state index contributed by atoms with van der Waals surface area (Å²) < 4.78 is 5.50. The zero-order valence-electron chi connectivity index (χ0n) is 9.93. The Labute approximate surface area is 85.9 Å². The molecule has 1 rings (SSSR count). The molecule has 14 heavy (non-hydrogen) atoms. The Morgan fingerprint density at radius 1 is 1.07 bits per heavy atom. The van der Waals surface area contributed by atoms with Crippen molar-refractivity contribution in [2.45, 2.75) is 47.6 Å². The highest BCUT2D eigenvalue weighted by Crippen LogP contribution is 2.37. The SMILES string of the molecule is Cc1oc(C)c(C(O)C(C)(C)C)c1C. The van der Waals surface area contributed by atoms with E-state index in [0.717, 1.165) is 22.6 Å². The molecule has 0 saturated carbocycles. The molecule has 0 bridgehead atoms. The monoisotopic (exact) mass is 196 g/mol. The van der Waals surface area contributed by atoms with E-state index in [9.17, 15) is 5.11 Å². The normalized spacial score (nSPS) is 14.5. The number of aliphatic hydroxyl groups is 1. The van der Waals surface area contributed by atoms with Crippen molar-refractivity contribution in [1.29, 1.82) is 0 Å². The van der Waals surface area contributed by atoms with Crippen LogP contribution in [-0.2, 0) is 0 Å². The highest BCUT2D eigenvalue weighted by Gasteiger charge is 2.29. The summed E-state index contributed by atoms with van der Waals surface area (Å²) in [6.07, 6.45) is -0.458. The summed E-state index contributed by atoms with van der Waals surface area (Å²) in [6.45, 7) is 11.9. The molecule has 0 saturated heterocycles. The van der Waals surface area contributed by atoms with E-state index in [1.807, 2.05) is 41.5 Å². The molecule has 0 fully saturated rings. The van der Waals surface area contributed by atoms with Gasteiger partial charge >= 0.3 is 0 Å². The summed E-state index contributed by atoms with van der Waals surface area (Å²) in [7, 11) is 0. The summed E-state index contributed by atoms with van der Waals surface area (Å²) >= 11 is 0. The molecule has 2 nitrogen and oxygen atoms in total. The first-order valence-corrected chi connectivity index (χ1v) is 4.99. The molecule has 2 heteroatoms. The molecule has 0 spiro atoms. The van der Waals surface area contributed by atoms with Gasteiger partial charge in [-0.1, -0.05) is 20.8 Å². The van der Waals surface area contributed by atoms with E-state index in [1.165, 1.54) is 0 Å². The zero-order valence-corrected chi connectivity index (χ0v) is 9.93. The minimum Gasteiger partial charge on any atom is -0.466 e. The molecule has 0 aliphatic carbocycles. The molecule has 0 aromatic carbocycles. The molecule has 0 aliphatic heterocycles. The van der Waals surface area contributed by atoms with Gasteiger partial charge < -0.3 is 9.52 Å². The summed E-state index contributed by atoms with van der Waals surface area (Å²) in [5.74, 6) is 1.74. The van der Waals surface area contributed by atoms with Crippen LogP contribution in [0.2, 0.25) is 0 Å². The Balaban J connectivity index is 3.19. The number of aryl methyl sites for hydroxylation is 2. The largest absolute Gasteiger partial charge is 0.466 e. The average molecular weight is 196 g/mol. The van der Waals surface area contributed by atoms with Crippen molar-refractivity contribution >= 4 is 0 Å². The van der Waals surface area contributed by atoms with Crippen molar-refractivity contribution in [2.75, 3.05) is 0 Å². The van der Waals surface area contributed by atoms with Gasteiger partial charge in [-0.05, 0) is 31.7 Å². The number of hydrogen-bond acceptors (Lipinski definition) is 2. The van der Waals surface area contributed by atoms with E-state index in [-0.39, 0.29) is 5.41 Å². The van der Waals surface area contributed by atoms with Crippen molar-refractivity contribution in [2.24, 2.45) is 5.41 Å². The maximum absolute atomic E-state index is 10.2. The van der Waals surface area contributed by atoms with Crippen LogP contribution in [-0.4, -0.2) is 5.11 Å². The number of furan rings is 1. The second-order valence-electron chi connectivity index (χ2n) is 5.02. The number of rotatable bonds is 1. The van der Waals surface area contributed by atoms with Crippen LogP contribution in [0.25, 0.3) is 0 Å². The van der Waals surface area contributed by atoms with Gasteiger partial charge in [0.2, 0.25) is 0 Å². The zero-order chi connectivity index (χ0) is 11.1. The molecule has 0 radical (unpaired) electrons. The Morgan fingerprint density at radius 3 is 1.86 bits per heavy atom. The molecule has 1 N–H and O–H groups in total. The third-order valence-electron chi connectivity index (χ3n) is 2.71. The molecular formula is C12H20O2. The topological polar surface area (TPSA) is 33.4 Å². The first-order chi connectivity index (χ1) is 6.25. The fourth-order valence-electron chi connectivity index (χ4n) is 1.65. The lowest BCUT2D eigenvalue weighted by atomic mass is 9.83. The average Bonchev–Trinajstić information content (AvgIpc) is 2.24. The van der Waals surface area contributed by atoms with E-state index in [1.54, 1.807) is 0 Å². The van der Waals surface area contributed by atoms with Gasteiger partial charge in [-0.25, -0.2) is 0 Å². The lowest BCUT2D eigenvalue weighted by molar-refractivity contribution is 0.0609. The van der Waals surface area contributed by atoms with Crippen LogP contribution in [0.3, 0.4) is 0 Å². The van der Waals surface area contributed by atoms with Crippen molar-refractivity contribution in [3.63, 3.8) is 0 Å². The summed E-state index contributed by atoms with van der Waals surface area (Å²) in [5, 5.41) is 10.2. The van der Waals surface area contributed by atoms with Crippen LogP contribution < -0.4 is 0 Å². The van der Waals surface area contributed by atoms with E-state index < -0.39 is 6.10 Å². The van der Waals surface area contributed by atoms with Crippen LogP contribution in [0.15, 0.2) is 4.42 Å². The van der Waals surface area contributed by atoms with E-state index >= 15 is 0 Å². The smallest absolute Gasteiger partial charge is 0.107 e. The molecule has 0 amide bonds. The fourth-order valence-corrected chi connectivity index (χ4v) is 1.65. The Bertz CT molecular complexity index is 329. The second-order valence-corrected chi connectivity index (χ2v) is 5.02. The van der Waals surface area contributed by atoms with Crippen LogP contribution in [0, 0.1) is 26.2 Å². The predicted octanol–water partition coefficient (Wildman–Crippen LogP) is 3.28. The third-order valence-corrected chi connectivity index (χ3v) is 2.71. The van der Waals surface area contributed by atoms with Crippen molar-refractivity contribution in [1.82, 2.24) is 0 Å². The van der Waals surface area contributed by atoms with Crippen molar-refractivity contribution in [3.8, 4) is 0 Å². The van der Waals surface area contributed by atoms with Gasteiger partial charge in [0, 0.05) is 5.56 Å². The Kier molecular flexibility index (Phi) is 2.77. The quantitative estimate of drug-likeness (QED) is 0.747. The Hall–Kier alpha value is -0.760. The molecule has 0 aliphatic rings. The van der Waals surface area contributed by atoms with Gasteiger partial charge in [-0.2, -0.15) is 0 Å². The van der Waals surface area contributed by atoms with Gasteiger partial charge in [0.05, 0.1) is 6.10 Å². The fraction of sp³-hybridized carbons (Fsp3) is 0.667. The second kappa shape index (κ2) is 3.43. The molecule has 1 unspecified atom stereocenters. The lowest BCUT2D eigenvalue weighted by Crippen LogP contribution is -2.18. The number of aliphatic hydroxyl groups excluding tert-OH is 1. The molecular weight excluding hydrogens is 176 g/mol. The van der Waals surface area contributed by atoms with Crippen LogP contribution in [0.1, 0.15) is 49.5 Å². The number of hydrogen-bond donors (Lipinski definition) is 1. The standard InChI is InChI=1S/C12H20O2/c1-7-8(2)14-9(3)10(7)11(13)12(4,5)6/h11,13H,1-6H3. The third kappa shape index (κ3) is 1.85.